The van der Waals surface area contributed by atoms with E-state index >= 15 is 0 Å². The summed E-state index contributed by atoms with van der Waals surface area (Å²) in [5.41, 5.74) is 3.58. The summed E-state index contributed by atoms with van der Waals surface area (Å²) in [7, 11) is 0. The lowest BCUT2D eigenvalue weighted by molar-refractivity contribution is -0.125. The zero-order chi connectivity index (χ0) is 21.6. The van der Waals surface area contributed by atoms with Gasteiger partial charge in [-0.3, -0.25) is 4.79 Å². The number of nitrogens with one attached hydrogen (secondary N) is 1. The quantitative estimate of drug-likeness (QED) is 0.608. The molecule has 160 valence electrons. The zero-order valence-corrected chi connectivity index (χ0v) is 18.9. The molecule has 2 aromatic carbocycles. The molecule has 31 heavy (non-hydrogen) atoms. The Morgan fingerprint density at radius 1 is 1.13 bits per heavy atom. The Morgan fingerprint density at radius 3 is 2.81 bits per heavy atom. The molecule has 0 saturated carbocycles. The van der Waals surface area contributed by atoms with Gasteiger partial charge in [0.1, 0.15) is 5.03 Å². The molecule has 0 aliphatic carbocycles. The Balaban J connectivity index is 1.44. The number of amides is 1. The van der Waals surface area contributed by atoms with Gasteiger partial charge >= 0.3 is 0 Å². The van der Waals surface area contributed by atoms with Gasteiger partial charge in [0.05, 0.1) is 5.92 Å². The fourth-order valence-electron chi connectivity index (χ4n) is 3.92. The van der Waals surface area contributed by atoms with E-state index in [0.29, 0.717) is 13.1 Å². The number of hydrogen-bond acceptors (Lipinski definition) is 5. The second-order valence-corrected chi connectivity index (χ2v) is 9.10. The average Bonchev–Trinajstić information content (AvgIpc) is 2.79. The average molecular weight is 433 g/mol. The Labute approximate surface area is 188 Å². The number of carbonyl (C=O) groups excluding carboxylic acids is 1. The highest BCUT2D eigenvalue weighted by Crippen LogP contribution is 2.34. The summed E-state index contributed by atoms with van der Waals surface area (Å²) < 4.78 is 0. The number of rotatable bonds is 6. The van der Waals surface area contributed by atoms with E-state index in [0.717, 1.165) is 40.7 Å². The van der Waals surface area contributed by atoms with Crippen LogP contribution in [0, 0.1) is 19.8 Å². The molecule has 1 atom stereocenters. The Morgan fingerprint density at radius 2 is 1.97 bits per heavy atom. The van der Waals surface area contributed by atoms with Gasteiger partial charge in [0, 0.05) is 36.9 Å². The van der Waals surface area contributed by atoms with Crippen molar-refractivity contribution in [1.29, 1.82) is 0 Å². The number of aryl methyl sites for hydroxylation is 2. The van der Waals surface area contributed by atoms with Crippen molar-refractivity contribution in [1.82, 2.24) is 15.3 Å². The third kappa shape index (κ3) is 5.44. The lowest BCUT2D eigenvalue weighted by Crippen LogP contribution is -2.43. The molecule has 1 aromatic heterocycles. The Hall–Kier alpha value is -2.86. The molecule has 6 heteroatoms. The van der Waals surface area contributed by atoms with Gasteiger partial charge in [0.25, 0.3) is 0 Å². The van der Waals surface area contributed by atoms with Gasteiger partial charge in [-0.1, -0.05) is 53.7 Å². The number of nitrogens with zero attached hydrogens (tertiary/aromatic N) is 3. The van der Waals surface area contributed by atoms with Crippen molar-refractivity contribution in [2.24, 2.45) is 5.92 Å². The van der Waals surface area contributed by atoms with Crippen LogP contribution in [0.1, 0.15) is 29.5 Å². The highest BCUT2D eigenvalue weighted by Gasteiger charge is 2.28. The summed E-state index contributed by atoms with van der Waals surface area (Å²) in [6.07, 6.45) is 5.33. The van der Waals surface area contributed by atoms with Gasteiger partial charge in [-0.15, -0.1) is 0 Å². The molecule has 2 heterocycles. The predicted octanol–water partition coefficient (Wildman–Crippen LogP) is 4.78. The molecule has 3 aromatic rings. The summed E-state index contributed by atoms with van der Waals surface area (Å²) in [4.78, 5) is 25.5. The largest absolute Gasteiger partial charge is 0.354 e. The summed E-state index contributed by atoms with van der Waals surface area (Å²) in [6.45, 7) is 6.29. The molecule has 5 nitrogen and oxygen atoms in total. The first-order valence-corrected chi connectivity index (χ1v) is 11.5. The predicted molar refractivity (Wildman–Crippen MR) is 125 cm³/mol. The molecule has 0 radical (unpaired) electrons. The third-order valence-corrected chi connectivity index (χ3v) is 6.63. The van der Waals surface area contributed by atoms with Crippen LogP contribution in [-0.2, 0) is 11.3 Å². The number of hydrogen-bond donors (Lipinski definition) is 1. The molecule has 1 aliphatic rings. The van der Waals surface area contributed by atoms with Crippen molar-refractivity contribution < 1.29 is 4.79 Å². The normalized spacial score (nSPS) is 16.2. The second-order valence-electron chi connectivity index (χ2n) is 8.03. The number of carbonyl (C=O) groups is 1. The highest BCUT2D eigenvalue weighted by molar-refractivity contribution is 7.99. The van der Waals surface area contributed by atoms with Gasteiger partial charge in [-0.2, -0.15) is 0 Å². The fraction of sp³-hybridized carbons (Fsp3) is 0.320. The molecule has 1 fully saturated rings. The molecule has 1 N–H and O–H groups in total. The van der Waals surface area contributed by atoms with Crippen LogP contribution in [0.15, 0.2) is 70.8 Å². The summed E-state index contributed by atoms with van der Waals surface area (Å²) in [5, 5.41) is 4.02. The maximum absolute atomic E-state index is 12.9. The number of aromatic nitrogens is 2. The van der Waals surface area contributed by atoms with E-state index in [9.17, 15) is 4.79 Å². The van der Waals surface area contributed by atoms with Crippen molar-refractivity contribution in [3.05, 3.63) is 77.6 Å². The van der Waals surface area contributed by atoms with Crippen LogP contribution in [-0.4, -0.2) is 29.0 Å². The minimum atomic E-state index is -0.0448. The van der Waals surface area contributed by atoms with Crippen molar-refractivity contribution in [3.63, 3.8) is 0 Å². The van der Waals surface area contributed by atoms with E-state index in [1.165, 1.54) is 11.1 Å². The molecular weight excluding hydrogens is 404 g/mol. The number of piperidine rings is 1. The molecule has 0 spiro atoms. The fourth-order valence-corrected chi connectivity index (χ4v) is 4.92. The molecule has 0 bridgehead atoms. The Bertz CT molecular complexity index is 1050. The van der Waals surface area contributed by atoms with Crippen molar-refractivity contribution in [3.8, 4) is 0 Å². The third-order valence-electron chi connectivity index (χ3n) is 5.66. The van der Waals surface area contributed by atoms with Gasteiger partial charge in [-0.25, -0.2) is 9.97 Å². The monoisotopic (exact) mass is 432 g/mol. The van der Waals surface area contributed by atoms with E-state index in [1.807, 2.05) is 12.1 Å². The minimum Gasteiger partial charge on any atom is -0.354 e. The molecule has 4 rings (SSSR count). The lowest BCUT2D eigenvalue weighted by Gasteiger charge is -2.33. The second kappa shape index (κ2) is 9.96. The molecule has 0 unspecified atom stereocenters. The minimum absolute atomic E-state index is 0.0448. The maximum atomic E-state index is 12.9. The van der Waals surface area contributed by atoms with Crippen LogP contribution in [0.2, 0.25) is 0 Å². The first-order chi connectivity index (χ1) is 15.1. The topological polar surface area (TPSA) is 58.1 Å². The summed E-state index contributed by atoms with van der Waals surface area (Å²) >= 11 is 1.62. The lowest BCUT2D eigenvalue weighted by atomic mass is 9.97. The molecule has 1 aliphatic heterocycles. The van der Waals surface area contributed by atoms with Crippen LogP contribution in [0.25, 0.3) is 0 Å². The van der Waals surface area contributed by atoms with Crippen molar-refractivity contribution >= 4 is 23.5 Å². The molecule has 1 saturated heterocycles. The zero-order valence-electron chi connectivity index (χ0n) is 18.0. The van der Waals surface area contributed by atoms with E-state index in [1.54, 1.807) is 24.2 Å². The molecule has 1 amide bonds. The highest BCUT2D eigenvalue weighted by atomic mass is 32.2. The van der Waals surface area contributed by atoms with Crippen LogP contribution in [0.5, 0.6) is 0 Å². The van der Waals surface area contributed by atoms with Crippen LogP contribution in [0.3, 0.4) is 0 Å². The van der Waals surface area contributed by atoms with E-state index in [4.69, 9.17) is 0 Å². The van der Waals surface area contributed by atoms with Crippen molar-refractivity contribution in [2.45, 2.75) is 43.2 Å². The van der Waals surface area contributed by atoms with Gasteiger partial charge in [0.2, 0.25) is 5.91 Å². The summed E-state index contributed by atoms with van der Waals surface area (Å²) in [6, 6.07) is 16.6. The van der Waals surface area contributed by atoms with Crippen LogP contribution in [0.4, 0.5) is 5.82 Å². The number of benzene rings is 2. The van der Waals surface area contributed by atoms with E-state index < -0.39 is 0 Å². The van der Waals surface area contributed by atoms with Gasteiger partial charge in [0.15, 0.2) is 5.82 Å². The molecular formula is C25H28N4OS. The SMILES string of the molecule is Cc1cccc(Sc2nccnc2N2CCC[C@H](C(=O)NCc3ccccc3C)C2)c1. The van der Waals surface area contributed by atoms with Gasteiger partial charge < -0.3 is 10.2 Å². The first kappa shape index (κ1) is 21.4. The van der Waals surface area contributed by atoms with Crippen LogP contribution < -0.4 is 10.2 Å². The van der Waals surface area contributed by atoms with Gasteiger partial charge in [-0.05, 0) is 49.9 Å². The van der Waals surface area contributed by atoms with E-state index in [2.05, 4.69) is 70.4 Å². The Kier molecular flexibility index (Phi) is 6.87. The standard InChI is InChI=1S/C25H28N4OS/c1-18-7-5-11-22(15-18)31-25-23(26-12-13-27-25)29-14-6-10-21(17-29)24(30)28-16-20-9-4-3-8-19(20)2/h3-5,7-9,11-13,15,21H,6,10,14,16-17H2,1-2H3,(H,28,30)/t21-/m0/s1. The van der Waals surface area contributed by atoms with E-state index in [-0.39, 0.29) is 11.8 Å². The van der Waals surface area contributed by atoms with Crippen LogP contribution >= 0.6 is 11.8 Å². The van der Waals surface area contributed by atoms with Crippen molar-refractivity contribution in [2.75, 3.05) is 18.0 Å². The number of anilines is 1. The maximum Gasteiger partial charge on any atom is 0.225 e. The smallest absolute Gasteiger partial charge is 0.225 e. The summed E-state index contributed by atoms with van der Waals surface area (Å²) in [5.74, 6) is 0.937. The first-order valence-electron chi connectivity index (χ1n) is 10.7.